The number of halogens is 5. The van der Waals surface area contributed by atoms with Crippen molar-refractivity contribution in [1.29, 1.82) is 0 Å². The van der Waals surface area contributed by atoms with Crippen molar-refractivity contribution in [2.24, 2.45) is 0 Å². The third-order valence-corrected chi connectivity index (χ3v) is 4.64. The predicted molar refractivity (Wildman–Crippen MR) is 92.4 cm³/mol. The van der Waals surface area contributed by atoms with Gasteiger partial charge in [-0.05, 0) is 23.8 Å². The average molecular weight is 419 g/mol. The Hall–Kier alpha value is -2.39. The topological polar surface area (TPSA) is 51.5 Å². The van der Waals surface area contributed by atoms with Crippen LogP contribution in [0.3, 0.4) is 0 Å². The minimum absolute atomic E-state index is 0.0833. The lowest BCUT2D eigenvalue weighted by Gasteiger charge is -2.33. The molecule has 0 aliphatic carbocycles. The molecule has 1 fully saturated rings. The summed E-state index contributed by atoms with van der Waals surface area (Å²) in [6.07, 6.45) is -4.56. The Bertz CT molecular complexity index is 945. The molecule has 0 N–H and O–H groups in total. The van der Waals surface area contributed by atoms with Crippen LogP contribution in [0.15, 0.2) is 41.3 Å². The molecule has 10 heteroatoms. The maximum absolute atomic E-state index is 13.3. The van der Waals surface area contributed by atoms with Crippen molar-refractivity contribution in [2.45, 2.75) is 18.8 Å². The number of rotatable bonds is 3. The molecule has 0 bridgehead atoms. The molecule has 2 aromatic rings. The summed E-state index contributed by atoms with van der Waals surface area (Å²) >= 11 is 5.77. The molecule has 3 rings (SSSR count). The Labute approximate surface area is 162 Å². The zero-order valence-corrected chi connectivity index (χ0v) is 15.1. The van der Waals surface area contributed by atoms with Gasteiger partial charge in [0, 0.05) is 18.8 Å². The summed E-state index contributed by atoms with van der Waals surface area (Å²) in [7, 11) is 0. The van der Waals surface area contributed by atoms with Gasteiger partial charge in [-0.2, -0.15) is 13.2 Å². The molecule has 5 nitrogen and oxygen atoms in total. The summed E-state index contributed by atoms with van der Waals surface area (Å²) in [5.41, 5.74) is -1.16. The van der Waals surface area contributed by atoms with Crippen molar-refractivity contribution in [3.63, 3.8) is 0 Å². The van der Waals surface area contributed by atoms with Gasteiger partial charge in [0.25, 0.3) is 5.56 Å². The molecule has 1 unspecified atom stereocenters. The van der Waals surface area contributed by atoms with E-state index in [0.29, 0.717) is 17.8 Å². The van der Waals surface area contributed by atoms with Crippen molar-refractivity contribution < 1.29 is 27.1 Å². The Morgan fingerprint density at radius 2 is 2.00 bits per heavy atom. The summed E-state index contributed by atoms with van der Waals surface area (Å²) in [4.78, 5) is 25.7. The Kier molecular flexibility index (Phi) is 5.76. The van der Waals surface area contributed by atoms with Gasteiger partial charge >= 0.3 is 6.18 Å². The van der Waals surface area contributed by atoms with Crippen LogP contribution in [0.2, 0.25) is 5.02 Å². The molecule has 0 spiro atoms. The number of morpholine rings is 1. The van der Waals surface area contributed by atoms with E-state index in [1.165, 1.54) is 23.1 Å². The van der Waals surface area contributed by atoms with Gasteiger partial charge < -0.3 is 14.2 Å². The molecule has 1 aromatic carbocycles. The maximum atomic E-state index is 13.3. The predicted octanol–water partition coefficient (Wildman–Crippen LogP) is 3.26. The second kappa shape index (κ2) is 7.92. The van der Waals surface area contributed by atoms with Gasteiger partial charge in [0.05, 0.1) is 23.7 Å². The molecule has 1 atom stereocenters. The quantitative estimate of drug-likeness (QED) is 0.719. The largest absolute Gasteiger partial charge is 0.417 e. The standard InChI is InChI=1S/C18H15ClF4N2O3/c19-13-7-11(1-3-14(13)20)15-9-24(5-6-28-15)17(27)10-25-8-12(18(21,22)23)2-4-16(25)26/h1-4,7-8,15H,5-6,9-10H2. The first-order valence-corrected chi connectivity index (χ1v) is 8.65. The minimum Gasteiger partial charge on any atom is -0.370 e. The third kappa shape index (κ3) is 4.53. The van der Waals surface area contributed by atoms with Gasteiger partial charge in [0.15, 0.2) is 0 Å². The highest BCUT2D eigenvalue weighted by Gasteiger charge is 2.32. The van der Waals surface area contributed by atoms with E-state index >= 15 is 0 Å². The molecule has 0 saturated carbocycles. The van der Waals surface area contributed by atoms with Crippen LogP contribution >= 0.6 is 11.6 Å². The highest BCUT2D eigenvalue weighted by atomic mass is 35.5. The van der Waals surface area contributed by atoms with Crippen LogP contribution in [-0.2, 0) is 22.3 Å². The van der Waals surface area contributed by atoms with Crippen molar-refractivity contribution in [1.82, 2.24) is 9.47 Å². The normalized spacial score (nSPS) is 17.6. The molecule has 2 heterocycles. The Balaban J connectivity index is 1.74. The number of nitrogens with zero attached hydrogens (tertiary/aromatic N) is 2. The first-order valence-electron chi connectivity index (χ1n) is 8.27. The van der Waals surface area contributed by atoms with Crippen molar-refractivity contribution in [2.75, 3.05) is 19.7 Å². The summed E-state index contributed by atoms with van der Waals surface area (Å²) < 4.78 is 58.1. The summed E-state index contributed by atoms with van der Waals surface area (Å²) in [5, 5.41) is -0.0833. The number of carbonyl (C=O) groups excluding carboxylic acids is 1. The van der Waals surface area contributed by atoms with Crippen LogP contribution in [0.1, 0.15) is 17.2 Å². The van der Waals surface area contributed by atoms with Crippen molar-refractivity contribution in [3.05, 3.63) is 68.8 Å². The number of pyridine rings is 1. The average Bonchev–Trinajstić information content (AvgIpc) is 2.65. The smallest absolute Gasteiger partial charge is 0.370 e. The zero-order chi connectivity index (χ0) is 20.5. The lowest BCUT2D eigenvalue weighted by molar-refractivity contribution is -0.141. The number of aromatic nitrogens is 1. The monoisotopic (exact) mass is 418 g/mol. The van der Waals surface area contributed by atoms with Crippen LogP contribution in [0, 0.1) is 5.82 Å². The molecule has 1 aliphatic rings. The van der Waals surface area contributed by atoms with Gasteiger partial charge in [-0.1, -0.05) is 17.7 Å². The molecule has 28 heavy (non-hydrogen) atoms. The van der Waals surface area contributed by atoms with E-state index in [1.54, 1.807) is 0 Å². The first kappa shape index (κ1) is 20.3. The molecule has 1 aliphatic heterocycles. The van der Waals surface area contributed by atoms with Gasteiger partial charge in [-0.15, -0.1) is 0 Å². The molecule has 150 valence electrons. The van der Waals surface area contributed by atoms with E-state index in [2.05, 4.69) is 0 Å². The van der Waals surface area contributed by atoms with Crippen molar-refractivity contribution in [3.8, 4) is 0 Å². The van der Waals surface area contributed by atoms with E-state index in [0.717, 1.165) is 10.6 Å². The summed E-state index contributed by atoms with van der Waals surface area (Å²) in [6, 6.07) is 5.51. The number of hydrogen-bond donors (Lipinski definition) is 0. The van der Waals surface area contributed by atoms with E-state index in [1.807, 2.05) is 0 Å². The fourth-order valence-corrected chi connectivity index (χ4v) is 3.05. The fourth-order valence-electron chi connectivity index (χ4n) is 2.86. The van der Waals surface area contributed by atoms with Crippen LogP contribution in [0.5, 0.6) is 0 Å². The van der Waals surface area contributed by atoms with Crippen LogP contribution in [0.4, 0.5) is 17.6 Å². The van der Waals surface area contributed by atoms with Crippen LogP contribution < -0.4 is 5.56 Å². The lowest BCUT2D eigenvalue weighted by atomic mass is 10.1. The molecule has 1 amide bonds. The van der Waals surface area contributed by atoms with Crippen molar-refractivity contribution >= 4 is 17.5 Å². The second-order valence-electron chi connectivity index (χ2n) is 6.25. The van der Waals surface area contributed by atoms with Gasteiger partial charge in [0.2, 0.25) is 5.91 Å². The fraction of sp³-hybridized carbons (Fsp3) is 0.333. The Morgan fingerprint density at radius 3 is 2.68 bits per heavy atom. The van der Waals surface area contributed by atoms with E-state index < -0.39 is 41.7 Å². The summed E-state index contributed by atoms with van der Waals surface area (Å²) in [6.45, 7) is -0.0188. The van der Waals surface area contributed by atoms with E-state index in [9.17, 15) is 27.2 Å². The number of ether oxygens (including phenoxy) is 1. The minimum atomic E-state index is -4.62. The zero-order valence-electron chi connectivity index (χ0n) is 14.4. The molecule has 1 aromatic heterocycles. The van der Waals surface area contributed by atoms with Gasteiger partial charge in [-0.25, -0.2) is 4.39 Å². The number of hydrogen-bond acceptors (Lipinski definition) is 3. The number of carbonyl (C=O) groups is 1. The summed E-state index contributed by atoms with van der Waals surface area (Å²) in [5.74, 6) is -1.11. The van der Waals surface area contributed by atoms with Gasteiger partial charge in [-0.3, -0.25) is 9.59 Å². The lowest BCUT2D eigenvalue weighted by Crippen LogP contribution is -2.44. The highest BCUT2D eigenvalue weighted by molar-refractivity contribution is 6.30. The first-order chi connectivity index (χ1) is 13.1. The maximum Gasteiger partial charge on any atom is 0.417 e. The number of amides is 1. The van der Waals surface area contributed by atoms with Crippen LogP contribution in [0.25, 0.3) is 0 Å². The van der Waals surface area contributed by atoms with E-state index in [-0.39, 0.29) is 24.7 Å². The van der Waals surface area contributed by atoms with Crippen LogP contribution in [-0.4, -0.2) is 35.1 Å². The molecular formula is C18H15ClF4N2O3. The number of alkyl halides is 3. The SMILES string of the molecule is O=C(Cn1cc(C(F)(F)F)ccc1=O)N1CCOC(c2ccc(F)c(Cl)c2)C1. The van der Waals surface area contributed by atoms with Gasteiger partial charge in [0.1, 0.15) is 18.5 Å². The second-order valence-corrected chi connectivity index (χ2v) is 6.66. The third-order valence-electron chi connectivity index (χ3n) is 4.35. The molecular weight excluding hydrogens is 404 g/mol. The highest BCUT2D eigenvalue weighted by Crippen LogP contribution is 2.28. The van der Waals surface area contributed by atoms with E-state index in [4.69, 9.17) is 16.3 Å². The number of benzene rings is 1. The Morgan fingerprint density at radius 1 is 1.25 bits per heavy atom. The molecule has 1 saturated heterocycles. The molecule has 0 radical (unpaired) electrons.